The molecular formula is C12H14ClFO. The molecule has 0 fully saturated rings. The van der Waals surface area contributed by atoms with Gasteiger partial charge in [-0.05, 0) is 24.6 Å². The van der Waals surface area contributed by atoms with Gasteiger partial charge in [0, 0.05) is 11.0 Å². The fourth-order valence-corrected chi connectivity index (χ4v) is 1.45. The van der Waals surface area contributed by atoms with E-state index in [1.807, 2.05) is 20.8 Å². The molecule has 0 spiro atoms. The summed E-state index contributed by atoms with van der Waals surface area (Å²) in [5, 5.41) is 0.182. The Morgan fingerprint density at radius 2 is 2.07 bits per heavy atom. The first kappa shape index (κ1) is 12.2. The standard InChI is InChI=1S/C12H14ClFO/c1-4-12(2,3)11(15)9-6-5-8(14)7-10(9)13/h5-7H,4H2,1-3H3. The Labute approximate surface area is 94.3 Å². The van der Waals surface area contributed by atoms with Crippen molar-refractivity contribution in [3.8, 4) is 0 Å². The van der Waals surface area contributed by atoms with Crippen molar-refractivity contribution in [2.24, 2.45) is 5.41 Å². The van der Waals surface area contributed by atoms with Crippen LogP contribution in [-0.2, 0) is 0 Å². The van der Waals surface area contributed by atoms with Crippen LogP contribution in [0.5, 0.6) is 0 Å². The fraction of sp³-hybridized carbons (Fsp3) is 0.417. The second-order valence-electron chi connectivity index (χ2n) is 4.19. The summed E-state index contributed by atoms with van der Waals surface area (Å²) in [4.78, 5) is 12.0. The van der Waals surface area contributed by atoms with E-state index in [2.05, 4.69) is 0 Å². The van der Waals surface area contributed by atoms with Crippen molar-refractivity contribution in [2.45, 2.75) is 27.2 Å². The zero-order valence-corrected chi connectivity index (χ0v) is 9.86. The van der Waals surface area contributed by atoms with Gasteiger partial charge in [-0.15, -0.1) is 0 Å². The Kier molecular flexibility index (Phi) is 3.50. The van der Waals surface area contributed by atoms with Crippen molar-refractivity contribution in [1.29, 1.82) is 0 Å². The third-order valence-corrected chi connectivity index (χ3v) is 2.99. The molecule has 0 atom stereocenters. The van der Waals surface area contributed by atoms with Gasteiger partial charge in [-0.25, -0.2) is 4.39 Å². The van der Waals surface area contributed by atoms with E-state index in [4.69, 9.17) is 11.6 Å². The van der Waals surface area contributed by atoms with Crippen LogP contribution in [0.15, 0.2) is 18.2 Å². The van der Waals surface area contributed by atoms with Crippen molar-refractivity contribution >= 4 is 17.4 Å². The Morgan fingerprint density at radius 1 is 1.47 bits per heavy atom. The summed E-state index contributed by atoms with van der Waals surface area (Å²) < 4.78 is 12.8. The van der Waals surface area contributed by atoms with Crippen molar-refractivity contribution in [2.75, 3.05) is 0 Å². The number of Topliss-reactive ketones (excluding diaryl/α,β-unsaturated/α-hetero) is 1. The average molecular weight is 229 g/mol. The minimum atomic E-state index is -0.457. The molecule has 0 saturated heterocycles. The predicted octanol–water partition coefficient (Wildman–Crippen LogP) is 4.10. The van der Waals surface area contributed by atoms with Crippen LogP contribution in [0, 0.1) is 11.2 Å². The molecule has 0 amide bonds. The van der Waals surface area contributed by atoms with Crippen LogP contribution in [0.4, 0.5) is 4.39 Å². The summed E-state index contributed by atoms with van der Waals surface area (Å²) >= 11 is 5.83. The van der Waals surface area contributed by atoms with Crippen LogP contribution in [0.2, 0.25) is 5.02 Å². The minimum Gasteiger partial charge on any atom is -0.294 e. The maximum atomic E-state index is 12.8. The molecule has 0 unspecified atom stereocenters. The monoisotopic (exact) mass is 228 g/mol. The van der Waals surface area contributed by atoms with Gasteiger partial charge in [0.25, 0.3) is 0 Å². The number of carbonyl (C=O) groups excluding carboxylic acids is 1. The summed E-state index contributed by atoms with van der Waals surface area (Å²) in [7, 11) is 0. The second-order valence-corrected chi connectivity index (χ2v) is 4.60. The third kappa shape index (κ3) is 2.57. The molecule has 0 aliphatic rings. The van der Waals surface area contributed by atoms with Crippen molar-refractivity contribution in [3.63, 3.8) is 0 Å². The summed E-state index contributed by atoms with van der Waals surface area (Å²) in [5.74, 6) is -0.471. The molecular weight excluding hydrogens is 215 g/mol. The van der Waals surface area contributed by atoms with E-state index < -0.39 is 11.2 Å². The highest BCUT2D eigenvalue weighted by atomic mass is 35.5. The van der Waals surface area contributed by atoms with Crippen LogP contribution < -0.4 is 0 Å². The first-order valence-electron chi connectivity index (χ1n) is 4.88. The number of halogens is 2. The van der Waals surface area contributed by atoms with Gasteiger partial charge in [0.2, 0.25) is 0 Å². The van der Waals surface area contributed by atoms with E-state index >= 15 is 0 Å². The van der Waals surface area contributed by atoms with Crippen LogP contribution in [0.25, 0.3) is 0 Å². The molecule has 15 heavy (non-hydrogen) atoms. The first-order valence-corrected chi connectivity index (χ1v) is 5.26. The van der Waals surface area contributed by atoms with Crippen molar-refractivity contribution in [3.05, 3.63) is 34.6 Å². The number of hydrogen-bond acceptors (Lipinski definition) is 1. The Hall–Kier alpha value is -0.890. The molecule has 0 aliphatic carbocycles. The predicted molar refractivity (Wildman–Crippen MR) is 59.8 cm³/mol. The zero-order chi connectivity index (χ0) is 11.6. The van der Waals surface area contributed by atoms with Gasteiger partial charge in [-0.1, -0.05) is 32.4 Å². The molecule has 3 heteroatoms. The van der Waals surface area contributed by atoms with Gasteiger partial charge in [-0.3, -0.25) is 4.79 Å². The summed E-state index contributed by atoms with van der Waals surface area (Å²) in [6, 6.07) is 3.86. The van der Waals surface area contributed by atoms with E-state index in [1.165, 1.54) is 18.2 Å². The SMILES string of the molecule is CCC(C)(C)C(=O)c1ccc(F)cc1Cl. The molecule has 1 aromatic carbocycles. The number of carbonyl (C=O) groups is 1. The number of hydrogen-bond donors (Lipinski definition) is 0. The van der Waals surface area contributed by atoms with E-state index in [1.54, 1.807) is 0 Å². The molecule has 1 rings (SSSR count). The highest BCUT2D eigenvalue weighted by Gasteiger charge is 2.27. The summed E-state index contributed by atoms with van der Waals surface area (Å²) in [5.41, 5.74) is -0.0634. The molecule has 0 bridgehead atoms. The van der Waals surface area contributed by atoms with Gasteiger partial charge < -0.3 is 0 Å². The lowest BCUT2D eigenvalue weighted by atomic mass is 9.82. The maximum Gasteiger partial charge on any atom is 0.169 e. The maximum absolute atomic E-state index is 12.8. The molecule has 0 aliphatic heterocycles. The van der Waals surface area contributed by atoms with E-state index in [0.717, 1.165) is 6.42 Å². The van der Waals surface area contributed by atoms with Crippen molar-refractivity contribution in [1.82, 2.24) is 0 Å². The average Bonchev–Trinajstić information content (AvgIpc) is 2.17. The third-order valence-electron chi connectivity index (χ3n) is 2.67. The Balaban J connectivity index is 3.12. The quantitative estimate of drug-likeness (QED) is 0.712. The first-order chi connectivity index (χ1) is 6.88. The van der Waals surface area contributed by atoms with E-state index in [9.17, 15) is 9.18 Å². The van der Waals surface area contributed by atoms with E-state index in [0.29, 0.717) is 5.56 Å². The van der Waals surface area contributed by atoms with Gasteiger partial charge in [0.05, 0.1) is 5.02 Å². The second kappa shape index (κ2) is 4.31. The normalized spacial score (nSPS) is 11.5. The highest BCUT2D eigenvalue weighted by Crippen LogP contribution is 2.29. The Bertz CT molecular complexity index is 385. The van der Waals surface area contributed by atoms with Crippen LogP contribution >= 0.6 is 11.6 Å². The van der Waals surface area contributed by atoms with Crippen molar-refractivity contribution < 1.29 is 9.18 Å². The van der Waals surface area contributed by atoms with Crippen LogP contribution in [0.1, 0.15) is 37.6 Å². The molecule has 0 N–H and O–H groups in total. The van der Waals surface area contributed by atoms with E-state index in [-0.39, 0.29) is 10.8 Å². The lowest BCUT2D eigenvalue weighted by molar-refractivity contribution is 0.0833. The highest BCUT2D eigenvalue weighted by molar-refractivity contribution is 6.34. The topological polar surface area (TPSA) is 17.1 Å². The number of benzene rings is 1. The largest absolute Gasteiger partial charge is 0.294 e. The van der Waals surface area contributed by atoms with Gasteiger partial charge in [0.1, 0.15) is 5.82 Å². The van der Waals surface area contributed by atoms with Gasteiger partial charge in [-0.2, -0.15) is 0 Å². The Morgan fingerprint density at radius 3 is 2.53 bits per heavy atom. The molecule has 0 saturated carbocycles. The molecule has 0 heterocycles. The number of ketones is 1. The molecule has 1 nitrogen and oxygen atoms in total. The number of rotatable bonds is 3. The molecule has 1 aromatic rings. The molecule has 82 valence electrons. The van der Waals surface area contributed by atoms with Crippen LogP contribution in [-0.4, -0.2) is 5.78 Å². The van der Waals surface area contributed by atoms with Gasteiger partial charge in [0.15, 0.2) is 5.78 Å². The molecule has 0 radical (unpaired) electrons. The van der Waals surface area contributed by atoms with Crippen LogP contribution in [0.3, 0.4) is 0 Å². The van der Waals surface area contributed by atoms with Gasteiger partial charge >= 0.3 is 0 Å². The summed E-state index contributed by atoms with van der Waals surface area (Å²) in [6.07, 6.45) is 0.722. The smallest absolute Gasteiger partial charge is 0.169 e. The minimum absolute atomic E-state index is 0.0463. The zero-order valence-electron chi connectivity index (χ0n) is 9.10. The summed E-state index contributed by atoms with van der Waals surface area (Å²) in [6.45, 7) is 5.65. The fourth-order valence-electron chi connectivity index (χ4n) is 1.20. The lowest BCUT2D eigenvalue weighted by Crippen LogP contribution is -2.23. The molecule has 0 aromatic heterocycles. The lowest BCUT2D eigenvalue weighted by Gasteiger charge is -2.21.